The lowest BCUT2D eigenvalue weighted by atomic mass is 9.78. The van der Waals surface area contributed by atoms with Gasteiger partial charge in [-0.05, 0) is 44.4 Å². The largest absolute Gasteiger partial charge is 0.381 e. The molecule has 3 nitrogen and oxygen atoms in total. The molecule has 2 rings (SSSR count). The quantitative estimate of drug-likeness (QED) is 0.803. The first-order valence-corrected chi connectivity index (χ1v) is 7.64. The lowest BCUT2D eigenvalue weighted by Crippen LogP contribution is -2.54. The van der Waals surface area contributed by atoms with E-state index >= 15 is 0 Å². The number of alkyl halides is 1. The third kappa shape index (κ3) is 3.39. The van der Waals surface area contributed by atoms with Crippen molar-refractivity contribution >= 4 is 17.5 Å². The highest BCUT2D eigenvalue weighted by molar-refractivity contribution is 6.18. The Hall–Kier alpha value is -0.280. The zero-order chi connectivity index (χ0) is 13.0. The summed E-state index contributed by atoms with van der Waals surface area (Å²) in [5.74, 6) is 1.61. The molecule has 1 saturated carbocycles. The van der Waals surface area contributed by atoms with Crippen molar-refractivity contribution in [1.82, 2.24) is 5.32 Å². The van der Waals surface area contributed by atoms with Crippen molar-refractivity contribution in [2.45, 2.75) is 51.0 Å². The molecule has 0 aromatic carbocycles. The fraction of sp³-hybridized carbons (Fsp3) is 0.929. The van der Waals surface area contributed by atoms with Gasteiger partial charge < -0.3 is 10.1 Å². The number of hydrogen-bond acceptors (Lipinski definition) is 2. The second-order valence-corrected chi connectivity index (χ2v) is 6.24. The molecule has 2 fully saturated rings. The first-order valence-electron chi connectivity index (χ1n) is 7.11. The molecule has 0 atom stereocenters. The van der Waals surface area contributed by atoms with Crippen LogP contribution in [0.5, 0.6) is 0 Å². The van der Waals surface area contributed by atoms with Crippen molar-refractivity contribution in [2.24, 2.45) is 11.8 Å². The van der Waals surface area contributed by atoms with Gasteiger partial charge >= 0.3 is 0 Å². The molecule has 1 aliphatic heterocycles. The third-order valence-corrected chi connectivity index (χ3v) is 4.98. The van der Waals surface area contributed by atoms with Crippen LogP contribution in [0.3, 0.4) is 0 Å². The molecule has 0 bridgehead atoms. The maximum absolute atomic E-state index is 12.3. The Kier molecular flexibility index (Phi) is 4.91. The molecule has 1 amide bonds. The molecule has 4 heteroatoms. The van der Waals surface area contributed by atoms with Crippen molar-refractivity contribution < 1.29 is 9.53 Å². The Labute approximate surface area is 115 Å². The molecular weight excluding hydrogens is 250 g/mol. The molecule has 0 radical (unpaired) electrons. The molecule has 0 aromatic rings. The minimum Gasteiger partial charge on any atom is -0.381 e. The fourth-order valence-corrected chi connectivity index (χ4v) is 3.26. The van der Waals surface area contributed by atoms with Crippen molar-refractivity contribution in [1.29, 1.82) is 0 Å². The Balaban J connectivity index is 1.90. The van der Waals surface area contributed by atoms with Gasteiger partial charge in [0.05, 0.1) is 5.54 Å². The Morgan fingerprint density at radius 3 is 2.44 bits per heavy atom. The average Bonchev–Trinajstić information content (AvgIpc) is 2.43. The first-order chi connectivity index (χ1) is 8.65. The SMILES string of the molecule is CC1CCC(CCl)(NC(=O)C2CCOCC2)CC1. The molecule has 2 aliphatic rings. The number of rotatable bonds is 3. The molecule has 104 valence electrons. The molecule has 0 spiro atoms. The number of halogens is 1. The van der Waals surface area contributed by atoms with E-state index < -0.39 is 0 Å². The average molecular weight is 274 g/mol. The van der Waals surface area contributed by atoms with Crippen LogP contribution in [0, 0.1) is 11.8 Å². The molecule has 1 N–H and O–H groups in total. The molecular formula is C14H24ClNO2. The van der Waals surface area contributed by atoms with Crippen LogP contribution in [0.25, 0.3) is 0 Å². The van der Waals surface area contributed by atoms with Crippen LogP contribution in [0.2, 0.25) is 0 Å². The molecule has 1 saturated heterocycles. The second kappa shape index (κ2) is 6.25. The number of carbonyl (C=O) groups is 1. The van der Waals surface area contributed by atoms with Gasteiger partial charge in [-0.3, -0.25) is 4.79 Å². The molecule has 0 aromatic heterocycles. The fourth-order valence-electron chi connectivity index (χ4n) is 2.93. The van der Waals surface area contributed by atoms with Crippen LogP contribution >= 0.6 is 11.6 Å². The Bertz CT molecular complexity index is 282. The van der Waals surface area contributed by atoms with E-state index in [2.05, 4.69) is 12.2 Å². The topological polar surface area (TPSA) is 38.3 Å². The summed E-state index contributed by atoms with van der Waals surface area (Å²) in [6, 6.07) is 0. The summed E-state index contributed by atoms with van der Waals surface area (Å²) in [5.41, 5.74) is -0.149. The van der Waals surface area contributed by atoms with E-state index in [-0.39, 0.29) is 17.4 Å². The van der Waals surface area contributed by atoms with Gasteiger partial charge in [-0.1, -0.05) is 6.92 Å². The van der Waals surface area contributed by atoms with Crippen LogP contribution in [-0.2, 0) is 9.53 Å². The summed E-state index contributed by atoms with van der Waals surface area (Å²) in [7, 11) is 0. The van der Waals surface area contributed by atoms with Crippen molar-refractivity contribution in [3.05, 3.63) is 0 Å². The normalized spacial score (nSPS) is 34.2. The minimum atomic E-state index is -0.149. The summed E-state index contributed by atoms with van der Waals surface area (Å²) in [6.07, 6.45) is 6.07. The summed E-state index contributed by atoms with van der Waals surface area (Å²) < 4.78 is 5.30. The molecule has 0 unspecified atom stereocenters. The summed E-state index contributed by atoms with van der Waals surface area (Å²) in [5, 5.41) is 3.25. The van der Waals surface area contributed by atoms with Gasteiger partial charge in [0.15, 0.2) is 0 Å². The van der Waals surface area contributed by atoms with Crippen molar-refractivity contribution in [3.8, 4) is 0 Å². The maximum Gasteiger partial charge on any atom is 0.223 e. The van der Waals surface area contributed by atoms with Gasteiger partial charge in [0.1, 0.15) is 0 Å². The van der Waals surface area contributed by atoms with Crippen LogP contribution in [0.15, 0.2) is 0 Å². The summed E-state index contributed by atoms with van der Waals surface area (Å²) in [4.78, 5) is 12.3. The predicted molar refractivity (Wildman–Crippen MR) is 72.8 cm³/mol. The van der Waals surface area contributed by atoms with Gasteiger partial charge in [0, 0.05) is 25.0 Å². The lowest BCUT2D eigenvalue weighted by molar-refractivity contribution is -0.130. The number of amides is 1. The zero-order valence-electron chi connectivity index (χ0n) is 11.2. The third-order valence-electron chi connectivity index (χ3n) is 4.47. The van der Waals surface area contributed by atoms with Gasteiger partial charge in [-0.25, -0.2) is 0 Å². The minimum absolute atomic E-state index is 0.123. The lowest BCUT2D eigenvalue weighted by Gasteiger charge is -2.40. The van der Waals surface area contributed by atoms with Crippen LogP contribution in [0.1, 0.15) is 45.4 Å². The Morgan fingerprint density at radius 2 is 1.89 bits per heavy atom. The second-order valence-electron chi connectivity index (χ2n) is 5.97. The van der Waals surface area contributed by atoms with Crippen LogP contribution in [0.4, 0.5) is 0 Å². The first kappa shape index (κ1) is 14.1. The molecule has 18 heavy (non-hydrogen) atoms. The van der Waals surface area contributed by atoms with E-state index in [1.165, 1.54) is 12.8 Å². The summed E-state index contributed by atoms with van der Waals surface area (Å²) in [6.45, 7) is 3.70. The standard InChI is InChI=1S/C14H24ClNO2/c1-11-2-6-14(10-15,7-3-11)16-13(17)12-4-8-18-9-5-12/h11-12H,2-10H2,1H3,(H,16,17). The highest BCUT2D eigenvalue weighted by Gasteiger charge is 2.36. The van der Waals surface area contributed by atoms with E-state index in [0.717, 1.165) is 31.6 Å². The van der Waals surface area contributed by atoms with Crippen molar-refractivity contribution in [3.63, 3.8) is 0 Å². The van der Waals surface area contributed by atoms with Crippen molar-refractivity contribution in [2.75, 3.05) is 19.1 Å². The number of nitrogens with one attached hydrogen (secondary N) is 1. The summed E-state index contributed by atoms with van der Waals surface area (Å²) >= 11 is 6.13. The smallest absolute Gasteiger partial charge is 0.223 e. The predicted octanol–water partition coefficient (Wildman–Crippen LogP) is 2.72. The van der Waals surface area contributed by atoms with Crippen LogP contribution < -0.4 is 5.32 Å². The van der Waals surface area contributed by atoms with Crippen LogP contribution in [-0.4, -0.2) is 30.5 Å². The van der Waals surface area contributed by atoms with E-state index in [1.807, 2.05) is 0 Å². The monoisotopic (exact) mass is 273 g/mol. The van der Waals surface area contributed by atoms with E-state index in [0.29, 0.717) is 19.1 Å². The zero-order valence-corrected chi connectivity index (χ0v) is 12.0. The highest BCUT2D eigenvalue weighted by atomic mass is 35.5. The van der Waals surface area contributed by atoms with E-state index in [4.69, 9.17) is 16.3 Å². The van der Waals surface area contributed by atoms with E-state index in [1.54, 1.807) is 0 Å². The molecule has 1 heterocycles. The maximum atomic E-state index is 12.3. The van der Waals surface area contributed by atoms with Gasteiger partial charge in [0.2, 0.25) is 5.91 Å². The number of carbonyl (C=O) groups excluding carboxylic acids is 1. The number of ether oxygens (including phenoxy) is 1. The highest BCUT2D eigenvalue weighted by Crippen LogP contribution is 2.33. The number of hydrogen-bond donors (Lipinski definition) is 1. The van der Waals surface area contributed by atoms with Gasteiger partial charge in [-0.2, -0.15) is 0 Å². The van der Waals surface area contributed by atoms with E-state index in [9.17, 15) is 4.79 Å². The molecule has 1 aliphatic carbocycles. The van der Waals surface area contributed by atoms with Gasteiger partial charge in [-0.15, -0.1) is 11.6 Å². The van der Waals surface area contributed by atoms with Gasteiger partial charge in [0.25, 0.3) is 0 Å². The Morgan fingerprint density at radius 1 is 1.28 bits per heavy atom.